The number of aliphatic carboxylic acids is 1. The van der Waals surface area contributed by atoms with Crippen LogP contribution in [0.3, 0.4) is 0 Å². The lowest BCUT2D eigenvalue weighted by atomic mass is 9.93. The lowest BCUT2D eigenvalue weighted by Crippen LogP contribution is -2.38. The van der Waals surface area contributed by atoms with E-state index in [1.165, 1.54) is 7.11 Å². The molecule has 0 aromatic heterocycles. The van der Waals surface area contributed by atoms with Gasteiger partial charge in [-0.3, -0.25) is 4.79 Å². The van der Waals surface area contributed by atoms with E-state index < -0.39 is 30.1 Å². The average molecular weight is 402 g/mol. The molecule has 2 aromatic carbocycles. The SMILES string of the molecule is COc1cc(C[C@@H](C(=O)OC(C)C)[C@H](O)C(=O)O)ccc1OCc1ccccc1. The van der Waals surface area contributed by atoms with Crippen molar-refractivity contribution in [3.05, 3.63) is 59.7 Å². The number of hydrogen-bond donors (Lipinski definition) is 2. The van der Waals surface area contributed by atoms with Crippen molar-refractivity contribution in [2.45, 2.75) is 39.1 Å². The lowest BCUT2D eigenvalue weighted by molar-refractivity contribution is -0.165. The number of carboxylic acid groups (broad SMARTS) is 1. The van der Waals surface area contributed by atoms with Crippen LogP contribution in [0.1, 0.15) is 25.0 Å². The number of carboxylic acids is 1. The molecule has 29 heavy (non-hydrogen) atoms. The summed E-state index contributed by atoms with van der Waals surface area (Å²) in [6.07, 6.45) is -2.32. The second kappa shape index (κ2) is 10.5. The van der Waals surface area contributed by atoms with E-state index in [0.29, 0.717) is 23.7 Å². The Labute approximate surface area is 169 Å². The molecule has 2 N–H and O–H groups in total. The Hall–Kier alpha value is -3.06. The summed E-state index contributed by atoms with van der Waals surface area (Å²) in [6, 6.07) is 14.7. The molecule has 7 heteroatoms. The molecule has 0 unspecified atom stereocenters. The summed E-state index contributed by atoms with van der Waals surface area (Å²) in [7, 11) is 1.49. The van der Waals surface area contributed by atoms with Crippen LogP contribution in [0, 0.1) is 5.92 Å². The van der Waals surface area contributed by atoms with Crippen LogP contribution >= 0.6 is 0 Å². The first kappa shape index (κ1) is 22.2. The topological polar surface area (TPSA) is 102 Å². The molecule has 0 radical (unpaired) electrons. The van der Waals surface area contributed by atoms with Crippen LogP contribution in [0.4, 0.5) is 0 Å². The number of aliphatic hydroxyl groups is 1. The quantitative estimate of drug-likeness (QED) is 0.589. The average Bonchev–Trinajstić information content (AvgIpc) is 2.70. The monoisotopic (exact) mass is 402 g/mol. The zero-order chi connectivity index (χ0) is 21.4. The fourth-order valence-electron chi connectivity index (χ4n) is 2.76. The highest BCUT2D eigenvalue weighted by Crippen LogP contribution is 2.30. The number of hydrogen-bond acceptors (Lipinski definition) is 6. The summed E-state index contributed by atoms with van der Waals surface area (Å²) < 4.78 is 16.3. The number of benzene rings is 2. The van der Waals surface area contributed by atoms with Gasteiger partial charge in [-0.1, -0.05) is 36.4 Å². The Kier molecular flexibility index (Phi) is 8.03. The maximum atomic E-state index is 12.3. The zero-order valence-corrected chi connectivity index (χ0v) is 16.7. The fraction of sp³-hybridized carbons (Fsp3) is 0.364. The number of aliphatic hydroxyl groups excluding tert-OH is 1. The van der Waals surface area contributed by atoms with Gasteiger partial charge in [0.25, 0.3) is 0 Å². The number of methoxy groups -OCH3 is 1. The second-order valence-corrected chi connectivity index (χ2v) is 6.84. The van der Waals surface area contributed by atoms with Gasteiger partial charge in [-0.2, -0.15) is 0 Å². The third kappa shape index (κ3) is 6.50. The third-order valence-corrected chi connectivity index (χ3v) is 4.21. The van der Waals surface area contributed by atoms with Crippen LogP contribution in [-0.4, -0.2) is 41.5 Å². The number of esters is 1. The van der Waals surface area contributed by atoms with Crippen molar-refractivity contribution in [3.8, 4) is 11.5 Å². The molecular weight excluding hydrogens is 376 g/mol. The molecule has 156 valence electrons. The Morgan fingerprint density at radius 1 is 1.00 bits per heavy atom. The minimum atomic E-state index is -1.87. The van der Waals surface area contributed by atoms with E-state index in [9.17, 15) is 14.7 Å². The van der Waals surface area contributed by atoms with Gasteiger partial charge in [0.05, 0.1) is 19.1 Å². The zero-order valence-electron chi connectivity index (χ0n) is 16.7. The van der Waals surface area contributed by atoms with E-state index in [1.54, 1.807) is 32.0 Å². The van der Waals surface area contributed by atoms with Crippen molar-refractivity contribution in [3.63, 3.8) is 0 Å². The van der Waals surface area contributed by atoms with Gasteiger partial charge in [0.2, 0.25) is 0 Å². The van der Waals surface area contributed by atoms with E-state index in [2.05, 4.69) is 0 Å². The van der Waals surface area contributed by atoms with Gasteiger partial charge in [-0.15, -0.1) is 0 Å². The molecule has 0 aliphatic carbocycles. The Bertz CT molecular complexity index is 817. The maximum Gasteiger partial charge on any atom is 0.333 e. The smallest absolute Gasteiger partial charge is 0.333 e. The summed E-state index contributed by atoms with van der Waals surface area (Å²) in [6.45, 7) is 3.67. The van der Waals surface area contributed by atoms with E-state index in [0.717, 1.165) is 5.56 Å². The van der Waals surface area contributed by atoms with Gasteiger partial charge < -0.3 is 24.4 Å². The molecule has 0 spiro atoms. The summed E-state index contributed by atoms with van der Waals surface area (Å²) in [5.74, 6) is -2.53. The molecule has 2 aromatic rings. The first-order chi connectivity index (χ1) is 13.8. The van der Waals surface area contributed by atoms with Gasteiger partial charge in [0.15, 0.2) is 17.6 Å². The number of carbonyl (C=O) groups is 2. The van der Waals surface area contributed by atoms with Gasteiger partial charge in [-0.05, 0) is 43.5 Å². The van der Waals surface area contributed by atoms with E-state index in [-0.39, 0.29) is 6.42 Å². The summed E-state index contributed by atoms with van der Waals surface area (Å²) in [5.41, 5.74) is 1.61. The summed E-state index contributed by atoms with van der Waals surface area (Å²) in [4.78, 5) is 23.5. The van der Waals surface area contributed by atoms with Gasteiger partial charge in [0.1, 0.15) is 6.61 Å². The van der Waals surface area contributed by atoms with Gasteiger partial charge >= 0.3 is 11.9 Å². The summed E-state index contributed by atoms with van der Waals surface area (Å²) in [5, 5.41) is 19.1. The minimum absolute atomic E-state index is 0.0195. The largest absolute Gasteiger partial charge is 0.493 e. The summed E-state index contributed by atoms with van der Waals surface area (Å²) >= 11 is 0. The maximum absolute atomic E-state index is 12.3. The van der Waals surface area contributed by atoms with E-state index in [1.807, 2.05) is 30.3 Å². The minimum Gasteiger partial charge on any atom is -0.493 e. The molecule has 0 aliphatic heterocycles. The normalized spacial score (nSPS) is 12.9. The highest BCUT2D eigenvalue weighted by molar-refractivity contribution is 5.83. The first-order valence-corrected chi connectivity index (χ1v) is 9.26. The molecule has 0 bridgehead atoms. The Morgan fingerprint density at radius 2 is 1.69 bits per heavy atom. The molecule has 7 nitrogen and oxygen atoms in total. The van der Waals surface area contributed by atoms with Crippen LogP contribution in [0.15, 0.2) is 48.5 Å². The van der Waals surface area contributed by atoms with Crippen LogP contribution in [0.2, 0.25) is 0 Å². The predicted octanol–water partition coefficient (Wildman–Crippen LogP) is 2.83. The van der Waals surface area contributed by atoms with Crippen LogP contribution in [0.5, 0.6) is 11.5 Å². The Balaban J connectivity index is 2.17. The molecule has 2 rings (SSSR count). The van der Waals surface area contributed by atoms with E-state index >= 15 is 0 Å². The van der Waals surface area contributed by atoms with Gasteiger partial charge in [0, 0.05) is 0 Å². The predicted molar refractivity (Wildman–Crippen MR) is 106 cm³/mol. The molecule has 0 amide bonds. The van der Waals surface area contributed by atoms with Crippen molar-refractivity contribution < 1.29 is 34.0 Å². The standard InChI is InChI=1S/C22H26O7/c1-14(2)29-22(26)17(20(23)21(24)25)11-16-9-10-18(19(12-16)27-3)28-13-15-7-5-4-6-8-15/h4-10,12,14,17,20,23H,11,13H2,1-3H3,(H,24,25)/t17-,20+/m1/s1. The van der Waals surface area contributed by atoms with Gasteiger partial charge in [-0.25, -0.2) is 4.79 Å². The lowest BCUT2D eigenvalue weighted by Gasteiger charge is -2.21. The molecule has 0 fully saturated rings. The fourth-order valence-corrected chi connectivity index (χ4v) is 2.76. The molecule has 0 saturated heterocycles. The van der Waals surface area contributed by atoms with Crippen LogP contribution in [-0.2, 0) is 27.4 Å². The molecule has 0 heterocycles. The van der Waals surface area contributed by atoms with Crippen molar-refractivity contribution in [1.29, 1.82) is 0 Å². The number of rotatable bonds is 10. The van der Waals surface area contributed by atoms with Crippen LogP contribution in [0.25, 0.3) is 0 Å². The van der Waals surface area contributed by atoms with Crippen molar-refractivity contribution in [1.82, 2.24) is 0 Å². The molecule has 0 saturated carbocycles. The van der Waals surface area contributed by atoms with Crippen molar-refractivity contribution in [2.75, 3.05) is 7.11 Å². The molecule has 0 aliphatic rings. The number of carbonyl (C=O) groups excluding carboxylic acids is 1. The van der Waals surface area contributed by atoms with Crippen LogP contribution < -0.4 is 9.47 Å². The Morgan fingerprint density at radius 3 is 2.28 bits per heavy atom. The molecule has 2 atom stereocenters. The van der Waals surface area contributed by atoms with Crippen molar-refractivity contribution in [2.24, 2.45) is 5.92 Å². The first-order valence-electron chi connectivity index (χ1n) is 9.26. The highest BCUT2D eigenvalue weighted by atomic mass is 16.5. The second-order valence-electron chi connectivity index (χ2n) is 6.84. The molecular formula is C22H26O7. The number of ether oxygens (including phenoxy) is 3. The third-order valence-electron chi connectivity index (χ3n) is 4.21. The van der Waals surface area contributed by atoms with Crippen molar-refractivity contribution >= 4 is 11.9 Å². The highest BCUT2D eigenvalue weighted by Gasteiger charge is 2.34. The van der Waals surface area contributed by atoms with E-state index in [4.69, 9.17) is 19.3 Å².